The molecule has 0 radical (unpaired) electrons. The van der Waals surface area contributed by atoms with Crippen LogP contribution >= 0.6 is 0 Å². The molecule has 2 atom stereocenters. The summed E-state index contributed by atoms with van der Waals surface area (Å²) in [7, 11) is -3.88. The number of rotatable bonds is 11. The molecule has 8 heteroatoms. The Morgan fingerprint density at radius 1 is 1.03 bits per heavy atom. The van der Waals surface area contributed by atoms with E-state index in [-0.39, 0.29) is 36.9 Å². The van der Waals surface area contributed by atoms with Crippen molar-refractivity contribution in [3.8, 4) is 5.75 Å². The lowest BCUT2D eigenvalue weighted by Gasteiger charge is -2.38. The van der Waals surface area contributed by atoms with E-state index < -0.39 is 15.6 Å². The Bertz CT molecular complexity index is 993. The highest BCUT2D eigenvalue weighted by atomic mass is 32.2. The van der Waals surface area contributed by atoms with Gasteiger partial charge >= 0.3 is 0 Å². The van der Waals surface area contributed by atoms with Crippen LogP contribution in [0.5, 0.6) is 5.75 Å². The van der Waals surface area contributed by atoms with Crippen LogP contribution in [0.15, 0.2) is 59.5 Å². The second kappa shape index (κ2) is 10.5. The minimum atomic E-state index is -3.88. The van der Waals surface area contributed by atoms with Crippen molar-refractivity contribution < 1.29 is 27.7 Å². The lowest BCUT2D eigenvalue weighted by atomic mass is 9.94. The van der Waals surface area contributed by atoms with Gasteiger partial charge in [0, 0.05) is 6.54 Å². The zero-order valence-corrected chi connectivity index (χ0v) is 19.9. The molecule has 1 N–H and O–H groups in total. The minimum Gasteiger partial charge on any atom is -0.494 e. The summed E-state index contributed by atoms with van der Waals surface area (Å²) in [5, 5.41) is 10.5. The predicted molar refractivity (Wildman–Crippen MR) is 125 cm³/mol. The van der Waals surface area contributed by atoms with E-state index in [1.165, 1.54) is 4.31 Å². The zero-order valence-electron chi connectivity index (χ0n) is 19.1. The number of hydrogen-bond donors (Lipinski definition) is 1. The zero-order chi connectivity index (χ0) is 23.3. The van der Waals surface area contributed by atoms with Crippen LogP contribution in [0, 0.1) is 0 Å². The molecule has 33 heavy (non-hydrogen) atoms. The van der Waals surface area contributed by atoms with E-state index in [9.17, 15) is 13.5 Å². The van der Waals surface area contributed by atoms with Gasteiger partial charge in [0.2, 0.25) is 10.0 Å². The lowest BCUT2D eigenvalue weighted by Crippen LogP contribution is -2.53. The average Bonchev–Trinajstić information content (AvgIpc) is 3.18. The van der Waals surface area contributed by atoms with Crippen molar-refractivity contribution in [2.24, 2.45) is 0 Å². The van der Waals surface area contributed by atoms with Gasteiger partial charge in [-0.15, -0.1) is 0 Å². The van der Waals surface area contributed by atoms with E-state index >= 15 is 0 Å². The van der Waals surface area contributed by atoms with Gasteiger partial charge in [-0.1, -0.05) is 30.3 Å². The van der Waals surface area contributed by atoms with Gasteiger partial charge in [-0.05, 0) is 62.4 Å². The monoisotopic (exact) mass is 475 g/mol. The van der Waals surface area contributed by atoms with E-state index in [1.807, 2.05) is 37.3 Å². The Labute approximate surface area is 196 Å². The van der Waals surface area contributed by atoms with Crippen LogP contribution in [0.3, 0.4) is 0 Å². The summed E-state index contributed by atoms with van der Waals surface area (Å²) in [6.45, 7) is 2.74. The molecule has 1 aliphatic carbocycles. The topological polar surface area (TPSA) is 85.3 Å². The molecule has 2 aliphatic rings. The highest BCUT2D eigenvalue weighted by Crippen LogP contribution is 2.38. The first kappa shape index (κ1) is 24.2. The van der Waals surface area contributed by atoms with Crippen LogP contribution in [0.1, 0.15) is 38.2 Å². The van der Waals surface area contributed by atoms with Crippen molar-refractivity contribution in [2.75, 3.05) is 26.4 Å². The molecule has 180 valence electrons. The summed E-state index contributed by atoms with van der Waals surface area (Å²) in [6, 6.07) is 16.2. The first-order chi connectivity index (χ1) is 16.0. The molecule has 2 fully saturated rings. The Kier molecular flexibility index (Phi) is 7.71. The van der Waals surface area contributed by atoms with Crippen molar-refractivity contribution in [1.29, 1.82) is 0 Å². The molecule has 0 bridgehead atoms. The standard InChI is InChI=1S/C25H33NO6S/c1-2-30-22-11-13-24(14-12-22)33(28,29)26-16-23(31-17-20-7-4-3-5-8-20)15-25(26,18-27)19-32-21-9-6-10-21/h3-5,7-8,11-14,21,23,27H,2,6,9-10,15-19H2,1H3/t23-,25?/m0/s1. The number of sulfonamides is 1. The molecule has 0 spiro atoms. The van der Waals surface area contributed by atoms with Gasteiger partial charge in [-0.2, -0.15) is 4.31 Å². The molecule has 0 amide bonds. The Morgan fingerprint density at radius 3 is 2.36 bits per heavy atom. The quantitative estimate of drug-likeness (QED) is 0.536. The highest BCUT2D eigenvalue weighted by Gasteiger charge is 2.52. The van der Waals surface area contributed by atoms with Gasteiger partial charge in [0.25, 0.3) is 0 Å². The van der Waals surface area contributed by atoms with Crippen molar-refractivity contribution in [1.82, 2.24) is 4.31 Å². The van der Waals surface area contributed by atoms with Crippen molar-refractivity contribution in [3.05, 3.63) is 60.2 Å². The summed E-state index contributed by atoms with van der Waals surface area (Å²) < 4.78 is 46.4. The molecule has 1 heterocycles. The van der Waals surface area contributed by atoms with Crippen LogP contribution in [-0.4, -0.2) is 61.9 Å². The van der Waals surface area contributed by atoms with Gasteiger partial charge in [-0.25, -0.2) is 8.42 Å². The van der Waals surface area contributed by atoms with E-state index in [4.69, 9.17) is 14.2 Å². The van der Waals surface area contributed by atoms with Crippen molar-refractivity contribution in [2.45, 2.75) is 61.9 Å². The SMILES string of the molecule is CCOc1ccc(S(=O)(=O)N2C[C@@H](OCc3ccccc3)CC2(CO)COC2CCC2)cc1. The third-order valence-electron chi connectivity index (χ3n) is 6.49. The largest absolute Gasteiger partial charge is 0.494 e. The molecule has 7 nitrogen and oxygen atoms in total. The van der Waals surface area contributed by atoms with E-state index in [0.29, 0.717) is 25.4 Å². The molecule has 0 aromatic heterocycles. The molecule has 4 rings (SSSR count). The first-order valence-electron chi connectivity index (χ1n) is 11.6. The van der Waals surface area contributed by atoms with Crippen LogP contribution in [-0.2, 0) is 26.1 Å². The summed E-state index contributed by atoms with van der Waals surface area (Å²) in [4.78, 5) is 0.163. The van der Waals surface area contributed by atoms with Gasteiger partial charge in [0.15, 0.2) is 0 Å². The van der Waals surface area contributed by atoms with Crippen molar-refractivity contribution in [3.63, 3.8) is 0 Å². The van der Waals surface area contributed by atoms with Gasteiger partial charge in [0.05, 0.1) is 49.1 Å². The van der Waals surface area contributed by atoms with Gasteiger partial charge < -0.3 is 19.3 Å². The fraction of sp³-hybridized carbons (Fsp3) is 0.520. The number of nitrogens with zero attached hydrogens (tertiary/aromatic N) is 1. The van der Waals surface area contributed by atoms with Crippen LogP contribution < -0.4 is 4.74 Å². The molecule has 1 saturated carbocycles. The third kappa shape index (κ3) is 5.41. The number of aliphatic hydroxyl groups excluding tert-OH is 1. The highest BCUT2D eigenvalue weighted by molar-refractivity contribution is 7.89. The maximum Gasteiger partial charge on any atom is 0.243 e. The number of ether oxygens (including phenoxy) is 3. The first-order valence-corrected chi connectivity index (χ1v) is 13.0. The van der Waals surface area contributed by atoms with Crippen molar-refractivity contribution >= 4 is 10.0 Å². The number of benzene rings is 2. The third-order valence-corrected chi connectivity index (χ3v) is 8.48. The predicted octanol–water partition coefficient (Wildman–Crippen LogP) is 3.37. The molecule has 2 aromatic carbocycles. The fourth-order valence-electron chi connectivity index (χ4n) is 4.35. The van der Waals surface area contributed by atoms with E-state index in [1.54, 1.807) is 24.3 Å². The summed E-state index contributed by atoms with van der Waals surface area (Å²) in [6.07, 6.45) is 3.22. The lowest BCUT2D eigenvalue weighted by molar-refractivity contribution is -0.0565. The number of hydrogen-bond acceptors (Lipinski definition) is 6. The summed E-state index contributed by atoms with van der Waals surface area (Å²) in [5.41, 5.74) is -0.0420. The van der Waals surface area contributed by atoms with E-state index in [0.717, 1.165) is 24.8 Å². The Morgan fingerprint density at radius 2 is 1.76 bits per heavy atom. The Hall–Kier alpha value is -1.97. The molecular formula is C25H33NO6S. The average molecular weight is 476 g/mol. The Balaban J connectivity index is 1.56. The van der Waals surface area contributed by atoms with Gasteiger partial charge in [0.1, 0.15) is 5.75 Å². The smallest absolute Gasteiger partial charge is 0.243 e. The molecular weight excluding hydrogens is 442 g/mol. The summed E-state index contributed by atoms with van der Waals surface area (Å²) in [5.74, 6) is 0.615. The van der Waals surface area contributed by atoms with Crippen LogP contribution in [0.25, 0.3) is 0 Å². The maximum atomic E-state index is 13.7. The second-order valence-corrected chi connectivity index (χ2v) is 10.7. The second-order valence-electron chi connectivity index (χ2n) is 8.81. The molecule has 2 aromatic rings. The number of aliphatic hydroxyl groups is 1. The van der Waals surface area contributed by atoms with Crippen LogP contribution in [0.4, 0.5) is 0 Å². The summed E-state index contributed by atoms with van der Waals surface area (Å²) >= 11 is 0. The fourth-order valence-corrected chi connectivity index (χ4v) is 6.15. The normalized spacial score (nSPS) is 24.0. The minimum absolute atomic E-state index is 0.132. The van der Waals surface area contributed by atoms with Crippen LogP contribution in [0.2, 0.25) is 0 Å². The maximum absolute atomic E-state index is 13.7. The van der Waals surface area contributed by atoms with E-state index in [2.05, 4.69) is 0 Å². The molecule has 1 unspecified atom stereocenters. The molecule has 1 aliphatic heterocycles. The molecule has 1 saturated heterocycles. The van der Waals surface area contributed by atoms with Gasteiger partial charge in [-0.3, -0.25) is 0 Å².